The van der Waals surface area contributed by atoms with Crippen LogP contribution in [0.5, 0.6) is 0 Å². The minimum absolute atomic E-state index is 0.206. The zero-order chi connectivity index (χ0) is 12.8. The summed E-state index contributed by atoms with van der Waals surface area (Å²) < 4.78 is 4.48. The Morgan fingerprint density at radius 1 is 1.44 bits per heavy atom. The molecular formula is C13H22N4S. The fraction of sp³-hybridized carbons (Fsp3) is 0.846. The third kappa shape index (κ3) is 1.84. The molecule has 0 spiro atoms. The van der Waals surface area contributed by atoms with Gasteiger partial charge in [-0.05, 0) is 32.1 Å². The number of fused-ring (bicyclic) bond motifs is 1. The zero-order valence-corrected chi connectivity index (χ0v) is 12.3. The summed E-state index contributed by atoms with van der Waals surface area (Å²) in [6.07, 6.45) is 2.12. The molecule has 2 aliphatic rings. The van der Waals surface area contributed by atoms with E-state index in [0.29, 0.717) is 0 Å². The smallest absolute Gasteiger partial charge is 0.205 e. The van der Waals surface area contributed by atoms with Crippen LogP contribution in [0.4, 0.5) is 5.13 Å². The summed E-state index contributed by atoms with van der Waals surface area (Å²) in [5, 5.41) is 4.64. The molecule has 0 saturated carbocycles. The number of hydrogen-bond donors (Lipinski definition) is 1. The monoisotopic (exact) mass is 266 g/mol. The van der Waals surface area contributed by atoms with Gasteiger partial charge in [-0.2, -0.15) is 4.37 Å². The number of nitrogens with zero attached hydrogens (tertiary/aromatic N) is 3. The third-order valence-electron chi connectivity index (χ3n) is 4.52. The SMILES string of the molecule is CCCc1nsc(N2CC3CNCC3C2(C)C)n1. The van der Waals surface area contributed by atoms with Gasteiger partial charge in [0, 0.05) is 43.1 Å². The van der Waals surface area contributed by atoms with Crippen LogP contribution in [0.15, 0.2) is 0 Å². The second-order valence-electron chi connectivity index (χ2n) is 6.03. The predicted molar refractivity (Wildman–Crippen MR) is 75.2 cm³/mol. The van der Waals surface area contributed by atoms with E-state index in [-0.39, 0.29) is 5.54 Å². The van der Waals surface area contributed by atoms with Gasteiger partial charge in [-0.25, -0.2) is 4.98 Å². The molecule has 2 saturated heterocycles. The molecule has 0 amide bonds. The summed E-state index contributed by atoms with van der Waals surface area (Å²) in [6.45, 7) is 10.3. The lowest BCUT2D eigenvalue weighted by molar-refractivity contribution is 0.357. The lowest BCUT2D eigenvalue weighted by Crippen LogP contribution is -2.44. The normalized spacial score (nSPS) is 29.8. The van der Waals surface area contributed by atoms with Crippen molar-refractivity contribution in [3.05, 3.63) is 5.82 Å². The molecular weight excluding hydrogens is 244 g/mol. The Bertz CT molecular complexity index is 428. The van der Waals surface area contributed by atoms with Crippen molar-refractivity contribution in [1.29, 1.82) is 0 Å². The molecule has 1 aromatic rings. The van der Waals surface area contributed by atoms with Crippen molar-refractivity contribution in [1.82, 2.24) is 14.7 Å². The van der Waals surface area contributed by atoms with Crippen LogP contribution in [0, 0.1) is 11.8 Å². The van der Waals surface area contributed by atoms with Crippen LogP contribution in [0.2, 0.25) is 0 Å². The molecule has 5 heteroatoms. The molecule has 18 heavy (non-hydrogen) atoms. The van der Waals surface area contributed by atoms with Crippen molar-refractivity contribution < 1.29 is 0 Å². The largest absolute Gasteiger partial charge is 0.341 e. The van der Waals surface area contributed by atoms with E-state index in [1.54, 1.807) is 11.5 Å². The quantitative estimate of drug-likeness (QED) is 0.907. The Morgan fingerprint density at radius 2 is 2.28 bits per heavy atom. The second kappa shape index (κ2) is 4.46. The highest BCUT2D eigenvalue weighted by molar-refractivity contribution is 7.09. The molecule has 1 aromatic heterocycles. The van der Waals surface area contributed by atoms with Gasteiger partial charge in [0.2, 0.25) is 5.13 Å². The van der Waals surface area contributed by atoms with Crippen LogP contribution in [0.25, 0.3) is 0 Å². The van der Waals surface area contributed by atoms with Gasteiger partial charge < -0.3 is 10.2 Å². The average molecular weight is 266 g/mol. The van der Waals surface area contributed by atoms with Gasteiger partial charge in [0.1, 0.15) is 5.82 Å². The second-order valence-corrected chi connectivity index (χ2v) is 6.76. The van der Waals surface area contributed by atoms with Crippen LogP contribution in [0.1, 0.15) is 33.0 Å². The van der Waals surface area contributed by atoms with E-state index in [0.717, 1.165) is 55.3 Å². The molecule has 2 aliphatic heterocycles. The highest BCUT2D eigenvalue weighted by Gasteiger charge is 2.50. The summed E-state index contributed by atoms with van der Waals surface area (Å²) in [7, 11) is 0. The minimum atomic E-state index is 0.206. The summed E-state index contributed by atoms with van der Waals surface area (Å²) in [5.41, 5.74) is 0.206. The van der Waals surface area contributed by atoms with Crippen molar-refractivity contribution in [2.75, 3.05) is 24.5 Å². The minimum Gasteiger partial charge on any atom is -0.341 e. The Morgan fingerprint density at radius 3 is 3.00 bits per heavy atom. The van der Waals surface area contributed by atoms with Crippen LogP contribution >= 0.6 is 11.5 Å². The summed E-state index contributed by atoms with van der Waals surface area (Å²) in [4.78, 5) is 7.20. The molecule has 0 bridgehead atoms. The first-order chi connectivity index (χ1) is 8.63. The van der Waals surface area contributed by atoms with Gasteiger partial charge in [0.05, 0.1) is 0 Å². The number of anilines is 1. The van der Waals surface area contributed by atoms with E-state index in [2.05, 4.69) is 35.4 Å². The molecule has 1 N–H and O–H groups in total. The van der Waals surface area contributed by atoms with Gasteiger partial charge in [-0.15, -0.1) is 0 Å². The average Bonchev–Trinajstić information content (AvgIpc) is 2.97. The predicted octanol–water partition coefficient (Wildman–Crippen LogP) is 1.92. The highest BCUT2D eigenvalue weighted by atomic mass is 32.1. The number of nitrogens with one attached hydrogen (secondary N) is 1. The van der Waals surface area contributed by atoms with Crippen LogP contribution in [-0.2, 0) is 6.42 Å². The zero-order valence-electron chi connectivity index (χ0n) is 11.4. The number of aryl methyl sites for hydroxylation is 1. The number of aromatic nitrogens is 2. The molecule has 100 valence electrons. The first-order valence-corrected chi connectivity index (χ1v) is 7.71. The molecule has 4 nitrogen and oxygen atoms in total. The topological polar surface area (TPSA) is 41.1 Å². The lowest BCUT2D eigenvalue weighted by Gasteiger charge is -2.35. The van der Waals surface area contributed by atoms with Crippen LogP contribution in [0.3, 0.4) is 0 Å². The molecule has 2 atom stereocenters. The lowest BCUT2D eigenvalue weighted by atomic mass is 9.85. The van der Waals surface area contributed by atoms with Gasteiger partial charge >= 0.3 is 0 Å². The van der Waals surface area contributed by atoms with Crippen molar-refractivity contribution in [2.45, 2.75) is 39.2 Å². The maximum Gasteiger partial charge on any atom is 0.205 e. The molecule has 3 heterocycles. The third-order valence-corrected chi connectivity index (χ3v) is 5.30. The fourth-order valence-corrected chi connectivity index (χ4v) is 4.30. The molecule has 0 aromatic carbocycles. The van der Waals surface area contributed by atoms with Crippen LogP contribution < -0.4 is 10.2 Å². The van der Waals surface area contributed by atoms with Crippen molar-refractivity contribution in [3.63, 3.8) is 0 Å². The fourth-order valence-electron chi connectivity index (χ4n) is 3.43. The Hall–Kier alpha value is -0.680. The summed E-state index contributed by atoms with van der Waals surface area (Å²) in [5.74, 6) is 2.54. The molecule has 0 radical (unpaired) electrons. The maximum absolute atomic E-state index is 4.72. The first kappa shape index (κ1) is 12.4. The van der Waals surface area contributed by atoms with Gasteiger partial charge in [0.15, 0.2) is 0 Å². The molecule has 2 fully saturated rings. The Balaban J connectivity index is 1.83. The summed E-state index contributed by atoms with van der Waals surface area (Å²) in [6, 6.07) is 0. The Kier molecular flexibility index (Phi) is 3.06. The van der Waals surface area contributed by atoms with Crippen molar-refractivity contribution in [2.24, 2.45) is 11.8 Å². The molecule has 3 rings (SSSR count). The summed E-state index contributed by atoms with van der Waals surface area (Å²) >= 11 is 1.57. The van der Waals surface area contributed by atoms with E-state index in [1.807, 2.05) is 0 Å². The Labute approximate surface area is 113 Å². The maximum atomic E-state index is 4.72. The molecule has 0 aliphatic carbocycles. The standard InChI is InChI=1S/C13H22N4S/c1-4-5-11-15-12(18-16-11)17-8-9-6-14-7-10(9)13(17,2)3/h9-10,14H,4-8H2,1-3H3. The van der Waals surface area contributed by atoms with E-state index in [9.17, 15) is 0 Å². The van der Waals surface area contributed by atoms with Gasteiger partial charge in [-0.3, -0.25) is 0 Å². The number of rotatable bonds is 3. The number of hydrogen-bond acceptors (Lipinski definition) is 5. The molecule has 2 unspecified atom stereocenters. The highest BCUT2D eigenvalue weighted by Crippen LogP contribution is 2.43. The van der Waals surface area contributed by atoms with Crippen molar-refractivity contribution in [3.8, 4) is 0 Å². The van der Waals surface area contributed by atoms with Gasteiger partial charge in [0.25, 0.3) is 0 Å². The van der Waals surface area contributed by atoms with Crippen LogP contribution in [-0.4, -0.2) is 34.5 Å². The van der Waals surface area contributed by atoms with E-state index in [4.69, 9.17) is 4.98 Å². The van der Waals surface area contributed by atoms with E-state index >= 15 is 0 Å². The van der Waals surface area contributed by atoms with Crippen molar-refractivity contribution >= 4 is 16.7 Å². The first-order valence-electron chi connectivity index (χ1n) is 6.94. The van der Waals surface area contributed by atoms with Gasteiger partial charge in [-0.1, -0.05) is 6.92 Å². The van der Waals surface area contributed by atoms with E-state index in [1.165, 1.54) is 0 Å². The van der Waals surface area contributed by atoms with E-state index < -0.39 is 0 Å².